The van der Waals surface area contributed by atoms with Gasteiger partial charge in [-0.1, -0.05) is 17.7 Å². The van der Waals surface area contributed by atoms with Crippen molar-refractivity contribution in [3.63, 3.8) is 0 Å². The molecular formula is C21H14ClN3O4S. The van der Waals surface area contributed by atoms with Gasteiger partial charge in [0, 0.05) is 22.0 Å². The van der Waals surface area contributed by atoms with Gasteiger partial charge in [-0.15, -0.1) is 11.3 Å². The number of anilines is 1. The second-order valence-corrected chi connectivity index (χ2v) is 7.42. The number of benzene rings is 2. The molecule has 0 saturated carbocycles. The summed E-state index contributed by atoms with van der Waals surface area (Å²) in [4.78, 5) is 33.2. The van der Waals surface area contributed by atoms with Gasteiger partial charge in [-0.2, -0.15) is 0 Å². The number of carbonyl (C=O) groups is 2. The quantitative estimate of drug-likeness (QED) is 0.460. The van der Waals surface area contributed by atoms with E-state index in [1.54, 1.807) is 60.1 Å². The molecule has 2 aromatic heterocycles. The van der Waals surface area contributed by atoms with Crippen molar-refractivity contribution in [2.45, 2.75) is 0 Å². The van der Waals surface area contributed by atoms with E-state index in [2.05, 4.69) is 15.3 Å². The lowest BCUT2D eigenvalue weighted by Crippen LogP contribution is -2.21. The number of halogens is 1. The molecule has 0 fully saturated rings. The number of hydrogen-bond donors (Lipinski definition) is 1. The number of aromatic nitrogens is 1. The largest absolute Gasteiger partial charge is 0.465 e. The third kappa shape index (κ3) is 4.24. The molecule has 0 unspecified atom stereocenters. The first-order chi connectivity index (χ1) is 14.5. The van der Waals surface area contributed by atoms with E-state index in [1.165, 1.54) is 18.4 Å². The Hall–Kier alpha value is -3.49. The molecule has 1 amide bonds. The number of ether oxygens (including phenoxy) is 1. The van der Waals surface area contributed by atoms with E-state index in [1.807, 2.05) is 0 Å². The molecular weight excluding hydrogens is 426 g/mol. The van der Waals surface area contributed by atoms with Crippen LogP contribution in [0.15, 0.2) is 69.5 Å². The second kappa shape index (κ2) is 8.48. The molecule has 2 aromatic carbocycles. The Kier molecular flexibility index (Phi) is 5.60. The number of fused-ring (bicyclic) bond motifs is 1. The Balaban J connectivity index is 1.86. The minimum absolute atomic E-state index is 0.0842. The zero-order valence-electron chi connectivity index (χ0n) is 15.6. The molecule has 4 rings (SSSR count). The third-order valence-electron chi connectivity index (χ3n) is 4.10. The Morgan fingerprint density at radius 3 is 2.83 bits per heavy atom. The van der Waals surface area contributed by atoms with Crippen LogP contribution in [0.1, 0.15) is 20.7 Å². The van der Waals surface area contributed by atoms with Crippen LogP contribution in [-0.2, 0) is 4.74 Å². The predicted octanol–water partition coefficient (Wildman–Crippen LogP) is 4.81. The molecule has 30 heavy (non-hydrogen) atoms. The highest BCUT2D eigenvalue weighted by atomic mass is 35.5. The molecule has 150 valence electrons. The molecule has 4 aromatic rings. The Morgan fingerprint density at radius 1 is 1.20 bits per heavy atom. The fourth-order valence-electron chi connectivity index (χ4n) is 2.73. The van der Waals surface area contributed by atoms with Crippen molar-refractivity contribution in [1.29, 1.82) is 0 Å². The number of amides is 1. The van der Waals surface area contributed by atoms with Crippen molar-refractivity contribution >= 4 is 56.6 Å². The van der Waals surface area contributed by atoms with Crippen molar-refractivity contribution in [2.75, 3.05) is 12.4 Å². The normalized spacial score (nSPS) is 11.5. The standard InChI is InChI=1S/C21H14ClN3O4S/c1-28-20(27)12-3-2-4-15(10-12)24-19-16(18(26)25-21-23-7-8-30-21)11-13-9-14(22)5-6-17(13)29-19/h2-11H,1H3,(H,23,25,26). The summed E-state index contributed by atoms with van der Waals surface area (Å²) in [5, 5.41) is 6.09. The van der Waals surface area contributed by atoms with E-state index in [0.29, 0.717) is 32.4 Å². The number of hydrogen-bond acceptors (Lipinski definition) is 7. The van der Waals surface area contributed by atoms with E-state index in [0.717, 1.165) is 0 Å². The van der Waals surface area contributed by atoms with Crippen LogP contribution in [0.3, 0.4) is 0 Å². The zero-order chi connectivity index (χ0) is 21.1. The van der Waals surface area contributed by atoms with Crippen molar-refractivity contribution in [3.05, 3.63) is 81.8 Å². The summed E-state index contributed by atoms with van der Waals surface area (Å²) in [6, 6.07) is 13.3. The van der Waals surface area contributed by atoms with E-state index in [9.17, 15) is 9.59 Å². The molecule has 7 nitrogen and oxygen atoms in total. The van der Waals surface area contributed by atoms with E-state index < -0.39 is 11.9 Å². The van der Waals surface area contributed by atoms with Crippen LogP contribution in [0.5, 0.6) is 0 Å². The average Bonchev–Trinajstić information content (AvgIpc) is 3.26. The molecule has 0 atom stereocenters. The SMILES string of the molecule is COC(=O)c1cccc(N=c2oc3ccc(Cl)cc3cc2C(=O)Nc2nccs2)c1. The maximum absolute atomic E-state index is 12.9. The number of methoxy groups -OCH3 is 1. The topological polar surface area (TPSA) is 93.8 Å². The molecule has 9 heteroatoms. The molecule has 0 spiro atoms. The summed E-state index contributed by atoms with van der Waals surface area (Å²) in [7, 11) is 1.30. The van der Waals surface area contributed by atoms with E-state index in [4.69, 9.17) is 20.8 Å². The lowest BCUT2D eigenvalue weighted by atomic mass is 10.1. The zero-order valence-corrected chi connectivity index (χ0v) is 17.2. The van der Waals surface area contributed by atoms with E-state index >= 15 is 0 Å². The van der Waals surface area contributed by atoms with Gasteiger partial charge in [-0.05, 0) is 42.5 Å². The van der Waals surface area contributed by atoms with Gasteiger partial charge in [-0.3, -0.25) is 10.1 Å². The fourth-order valence-corrected chi connectivity index (χ4v) is 3.44. The minimum atomic E-state index is -0.487. The number of carbonyl (C=O) groups excluding carboxylic acids is 2. The summed E-state index contributed by atoms with van der Waals surface area (Å²) < 4.78 is 10.6. The number of nitrogens with one attached hydrogen (secondary N) is 1. The predicted molar refractivity (Wildman–Crippen MR) is 114 cm³/mol. The molecule has 1 N–H and O–H groups in total. The van der Waals surface area contributed by atoms with Crippen molar-refractivity contribution in [1.82, 2.24) is 4.98 Å². The van der Waals surface area contributed by atoms with Gasteiger partial charge in [-0.25, -0.2) is 14.8 Å². The molecule has 0 aliphatic rings. The van der Waals surface area contributed by atoms with Crippen molar-refractivity contribution < 1.29 is 18.7 Å². The van der Waals surface area contributed by atoms with Crippen molar-refractivity contribution in [2.24, 2.45) is 4.99 Å². The smallest absolute Gasteiger partial charge is 0.337 e. The highest BCUT2D eigenvalue weighted by Crippen LogP contribution is 2.21. The second-order valence-electron chi connectivity index (χ2n) is 6.09. The molecule has 2 heterocycles. The Morgan fingerprint density at radius 2 is 2.07 bits per heavy atom. The molecule has 0 radical (unpaired) electrons. The monoisotopic (exact) mass is 439 g/mol. The molecule has 0 aliphatic carbocycles. The summed E-state index contributed by atoms with van der Waals surface area (Å²) in [5.74, 6) is -0.919. The van der Waals surface area contributed by atoms with Crippen LogP contribution < -0.4 is 10.9 Å². The number of nitrogens with zero attached hydrogens (tertiary/aromatic N) is 2. The first-order valence-corrected chi connectivity index (χ1v) is 9.96. The maximum atomic E-state index is 12.9. The molecule has 0 aliphatic heterocycles. The van der Waals surface area contributed by atoms with Gasteiger partial charge in [0.25, 0.3) is 5.91 Å². The number of esters is 1. The van der Waals surface area contributed by atoms with Gasteiger partial charge in [0.1, 0.15) is 11.1 Å². The summed E-state index contributed by atoms with van der Waals surface area (Å²) in [6.07, 6.45) is 1.59. The molecule has 0 bridgehead atoms. The van der Waals surface area contributed by atoms with Crippen LogP contribution in [0.2, 0.25) is 5.02 Å². The van der Waals surface area contributed by atoms with E-state index in [-0.39, 0.29) is 11.1 Å². The third-order valence-corrected chi connectivity index (χ3v) is 5.03. The summed E-state index contributed by atoms with van der Waals surface area (Å²) >= 11 is 7.37. The van der Waals surface area contributed by atoms with Gasteiger partial charge in [0.2, 0.25) is 5.55 Å². The van der Waals surface area contributed by atoms with Crippen LogP contribution >= 0.6 is 22.9 Å². The fraction of sp³-hybridized carbons (Fsp3) is 0.0476. The lowest BCUT2D eigenvalue weighted by molar-refractivity contribution is 0.0600. The summed E-state index contributed by atoms with van der Waals surface area (Å²) in [5.41, 5.74) is 1.55. The maximum Gasteiger partial charge on any atom is 0.337 e. The highest BCUT2D eigenvalue weighted by Gasteiger charge is 2.15. The lowest BCUT2D eigenvalue weighted by Gasteiger charge is -2.06. The number of rotatable bonds is 4. The van der Waals surface area contributed by atoms with Crippen molar-refractivity contribution in [3.8, 4) is 0 Å². The van der Waals surface area contributed by atoms with Crippen LogP contribution in [0.25, 0.3) is 11.0 Å². The van der Waals surface area contributed by atoms with Crippen LogP contribution in [0.4, 0.5) is 10.8 Å². The highest BCUT2D eigenvalue weighted by molar-refractivity contribution is 7.13. The minimum Gasteiger partial charge on any atom is -0.465 e. The van der Waals surface area contributed by atoms with Crippen LogP contribution in [0, 0.1) is 0 Å². The van der Waals surface area contributed by atoms with Gasteiger partial charge >= 0.3 is 5.97 Å². The van der Waals surface area contributed by atoms with Gasteiger partial charge in [0.15, 0.2) is 5.13 Å². The summed E-state index contributed by atoms with van der Waals surface area (Å²) in [6.45, 7) is 0. The first kappa shape index (κ1) is 19.8. The van der Waals surface area contributed by atoms with Gasteiger partial charge in [0.05, 0.1) is 18.4 Å². The van der Waals surface area contributed by atoms with Crippen LogP contribution in [-0.4, -0.2) is 24.0 Å². The average molecular weight is 440 g/mol. The van der Waals surface area contributed by atoms with Gasteiger partial charge < -0.3 is 9.15 Å². The first-order valence-electron chi connectivity index (χ1n) is 8.71. The Bertz CT molecular complexity index is 1320. The Labute approximate surface area is 179 Å². The number of thiazole rings is 1. The molecule has 0 saturated heterocycles.